The molecule has 0 unspecified atom stereocenters. The summed E-state index contributed by atoms with van der Waals surface area (Å²) < 4.78 is 39.4. The molecule has 1 aliphatic rings. The van der Waals surface area contributed by atoms with Gasteiger partial charge in [-0.25, -0.2) is 13.2 Å². The van der Waals surface area contributed by atoms with Gasteiger partial charge in [0.25, 0.3) is 5.91 Å². The monoisotopic (exact) mass is 427 g/mol. The van der Waals surface area contributed by atoms with Crippen LogP contribution in [0.1, 0.15) is 37.6 Å². The molecule has 9 heteroatoms. The molecule has 2 rings (SSSR count). The zero-order chi connectivity index (χ0) is 21.6. The fourth-order valence-corrected chi connectivity index (χ4v) is 4.85. The van der Waals surface area contributed by atoms with E-state index >= 15 is 0 Å². The van der Waals surface area contributed by atoms with E-state index in [1.807, 2.05) is 13.8 Å². The lowest BCUT2D eigenvalue weighted by atomic mass is 10.2. The first kappa shape index (κ1) is 23.0. The Balaban J connectivity index is 1.98. The van der Waals surface area contributed by atoms with Gasteiger partial charge in [-0.15, -0.1) is 0 Å². The van der Waals surface area contributed by atoms with Crippen molar-refractivity contribution in [2.75, 3.05) is 38.4 Å². The molecule has 0 radical (unpaired) electrons. The number of benzene rings is 1. The molecule has 0 spiro atoms. The highest BCUT2D eigenvalue weighted by molar-refractivity contribution is 7.91. The first-order chi connectivity index (χ1) is 13.7. The van der Waals surface area contributed by atoms with E-state index in [9.17, 15) is 18.0 Å². The summed E-state index contributed by atoms with van der Waals surface area (Å²) in [6.07, 6.45) is 0.408. The van der Waals surface area contributed by atoms with Crippen LogP contribution in [0.3, 0.4) is 0 Å². The summed E-state index contributed by atoms with van der Waals surface area (Å²) in [5.74, 6) is 0.217. The van der Waals surface area contributed by atoms with E-state index in [2.05, 4.69) is 0 Å². The number of ether oxygens (including phenoxy) is 3. The van der Waals surface area contributed by atoms with E-state index in [1.165, 1.54) is 18.1 Å². The third-order valence-corrected chi connectivity index (χ3v) is 6.36. The Kier molecular flexibility index (Phi) is 7.89. The van der Waals surface area contributed by atoms with Gasteiger partial charge in [0.05, 0.1) is 30.8 Å². The summed E-state index contributed by atoms with van der Waals surface area (Å²) in [5.41, 5.74) is 0.234. The summed E-state index contributed by atoms with van der Waals surface area (Å²) in [4.78, 5) is 26.2. The van der Waals surface area contributed by atoms with Crippen molar-refractivity contribution in [3.63, 3.8) is 0 Å². The lowest BCUT2D eigenvalue weighted by Gasteiger charge is -2.26. The number of carbonyl (C=O) groups excluding carboxylic acids is 2. The third-order valence-electron chi connectivity index (χ3n) is 4.61. The second-order valence-electron chi connectivity index (χ2n) is 7.38. The molecule has 0 bridgehead atoms. The highest BCUT2D eigenvalue weighted by Crippen LogP contribution is 2.29. The van der Waals surface area contributed by atoms with E-state index in [0.717, 1.165) is 0 Å². The average Bonchev–Trinajstić information content (AvgIpc) is 3.04. The number of likely N-dealkylation sites (N-methyl/N-ethyl adjacent to an activating group) is 1. The topological polar surface area (TPSA) is 99.2 Å². The van der Waals surface area contributed by atoms with Crippen LogP contribution in [0.4, 0.5) is 0 Å². The largest absolute Gasteiger partial charge is 0.493 e. The van der Waals surface area contributed by atoms with Crippen LogP contribution < -0.4 is 9.47 Å². The van der Waals surface area contributed by atoms with Crippen LogP contribution in [-0.2, 0) is 19.4 Å². The van der Waals surface area contributed by atoms with Crippen LogP contribution in [0.25, 0.3) is 0 Å². The molecule has 0 aliphatic carbocycles. The zero-order valence-electron chi connectivity index (χ0n) is 17.3. The predicted molar refractivity (Wildman–Crippen MR) is 108 cm³/mol. The summed E-state index contributed by atoms with van der Waals surface area (Å²) in [6, 6.07) is 4.31. The molecule has 1 amide bonds. The van der Waals surface area contributed by atoms with Crippen molar-refractivity contribution < 1.29 is 32.2 Å². The number of methoxy groups -OCH3 is 1. The van der Waals surface area contributed by atoms with E-state index in [4.69, 9.17) is 14.2 Å². The normalized spacial score (nSPS) is 17.8. The zero-order valence-corrected chi connectivity index (χ0v) is 18.2. The lowest BCUT2D eigenvalue weighted by molar-refractivity contribution is -0.136. The van der Waals surface area contributed by atoms with Gasteiger partial charge < -0.3 is 19.1 Å². The summed E-state index contributed by atoms with van der Waals surface area (Å²) in [5, 5.41) is 0. The molecule has 0 N–H and O–H groups in total. The van der Waals surface area contributed by atoms with Gasteiger partial charge >= 0.3 is 5.97 Å². The number of esters is 1. The van der Waals surface area contributed by atoms with Crippen LogP contribution in [0.5, 0.6) is 11.5 Å². The quantitative estimate of drug-likeness (QED) is 0.555. The molecule has 0 saturated carbocycles. The van der Waals surface area contributed by atoms with E-state index < -0.39 is 28.3 Å². The lowest BCUT2D eigenvalue weighted by Crippen LogP contribution is -2.43. The fourth-order valence-electron chi connectivity index (χ4n) is 3.12. The molecule has 8 nitrogen and oxygen atoms in total. The van der Waals surface area contributed by atoms with Crippen LogP contribution in [0.2, 0.25) is 0 Å². The maximum absolute atomic E-state index is 12.4. The minimum absolute atomic E-state index is 0.0461. The highest BCUT2D eigenvalue weighted by Gasteiger charge is 2.34. The number of hydrogen-bond acceptors (Lipinski definition) is 7. The second kappa shape index (κ2) is 9.96. The van der Waals surface area contributed by atoms with Crippen molar-refractivity contribution in [1.82, 2.24) is 4.90 Å². The van der Waals surface area contributed by atoms with Crippen molar-refractivity contribution in [3.8, 4) is 11.5 Å². The molecular formula is C20H29NO7S. The number of carbonyl (C=O) groups is 2. The minimum Gasteiger partial charge on any atom is -0.493 e. The van der Waals surface area contributed by atoms with Crippen LogP contribution in [0.15, 0.2) is 18.2 Å². The molecule has 1 heterocycles. The van der Waals surface area contributed by atoms with Gasteiger partial charge in [-0.2, -0.15) is 0 Å². The predicted octanol–water partition coefficient (Wildman–Crippen LogP) is 1.92. The number of nitrogens with zero attached hydrogens (tertiary/aromatic N) is 1. The first-order valence-electron chi connectivity index (χ1n) is 9.64. The minimum atomic E-state index is -3.11. The molecule has 162 valence electrons. The van der Waals surface area contributed by atoms with Crippen molar-refractivity contribution >= 4 is 21.7 Å². The molecule has 1 fully saturated rings. The van der Waals surface area contributed by atoms with Crippen LogP contribution in [-0.4, -0.2) is 69.6 Å². The molecule has 1 atom stereocenters. The van der Waals surface area contributed by atoms with Crippen LogP contribution in [0, 0.1) is 5.92 Å². The molecular weight excluding hydrogens is 398 g/mol. The van der Waals surface area contributed by atoms with Gasteiger partial charge in [0, 0.05) is 12.6 Å². The molecule has 1 aromatic carbocycles. The average molecular weight is 428 g/mol. The number of amides is 1. The Morgan fingerprint density at radius 2 is 1.97 bits per heavy atom. The second-order valence-corrected chi connectivity index (χ2v) is 9.61. The van der Waals surface area contributed by atoms with Gasteiger partial charge in [0.1, 0.15) is 0 Å². The number of rotatable bonds is 9. The van der Waals surface area contributed by atoms with Crippen molar-refractivity contribution in [2.24, 2.45) is 5.92 Å². The molecule has 1 saturated heterocycles. The van der Waals surface area contributed by atoms with Gasteiger partial charge in [0.2, 0.25) is 0 Å². The molecule has 29 heavy (non-hydrogen) atoms. The maximum Gasteiger partial charge on any atom is 0.338 e. The Hall–Kier alpha value is -2.29. The fraction of sp³-hybridized carbons (Fsp3) is 0.600. The van der Waals surface area contributed by atoms with Crippen LogP contribution >= 0.6 is 0 Å². The van der Waals surface area contributed by atoms with Crippen molar-refractivity contribution in [2.45, 2.75) is 33.2 Å². The maximum atomic E-state index is 12.4. The van der Waals surface area contributed by atoms with E-state index in [1.54, 1.807) is 19.1 Å². The van der Waals surface area contributed by atoms with Crippen molar-refractivity contribution in [1.29, 1.82) is 0 Å². The Morgan fingerprint density at radius 3 is 2.52 bits per heavy atom. The highest BCUT2D eigenvalue weighted by atomic mass is 32.2. The first-order valence-corrected chi connectivity index (χ1v) is 11.5. The smallest absolute Gasteiger partial charge is 0.338 e. The van der Waals surface area contributed by atoms with Crippen molar-refractivity contribution in [3.05, 3.63) is 23.8 Å². The molecule has 0 aromatic heterocycles. The molecule has 1 aromatic rings. The van der Waals surface area contributed by atoms with E-state index in [0.29, 0.717) is 37.0 Å². The van der Waals surface area contributed by atoms with Gasteiger partial charge in [0.15, 0.2) is 27.9 Å². The summed E-state index contributed by atoms with van der Waals surface area (Å²) in [6.45, 7) is 6.23. The van der Waals surface area contributed by atoms with E-state index in [-0.39, 0.29) is 23.1 Å². The standard InChI is InChI=1S/C20H29NO7S/c1-5-21(16-8-9-29(24,25)13-16)19(22)12-28-20(23)15-6-7-17(18(10-15)26-4)27-11-14(2)3/h6-7,10,14,16H,5,8-9,11-13H2,1-4H3/t16-/m1/s1. The Bertz CT molecular complexity index is 835. The Labute approximate surface area is 172 Å². The Morgan fingerprint density at radius 1 is 1.24 bits per heavy atom. The summed E-state index contributed by atoms with van der Waals surface area (Å²) in [7, 11) is -1.63. The molecule has 1 aliphatic heterocycles. The van der Waals surface area contributed by atoms with Gasteiger partial charge in [-0.3, -0.25) is 4.79 Å². The number of sulfone groups is 1. The SMILES string of the molecule is CCN(C(=O)COC(=O)c1ccc(OCC(C)C)c(OC)c1)[C@@H]1CCS(=O)(=O)C1. The summed E-state index contributed by atoms with van der Waals surface area (Å²) >= 11 is 0. The number of hydrogen-bond donors (Lipinski definition) is 0. The van der Waals surface area contributed by atoms with Gasteiger partial charge in [-0.1, -0.05) is 13.8 Å². The third kappa shape index (κ3) is 6.35. The van der Waals surface area contributed by atoms with Gasteiger partial charge in [-0.05, 0) is 37.5 Å².